The van der Waals surface area contributed by atoms with Gasteiger partial charge in [0.1, 0.15) is 0 Å². The van der Waals surface area contributed by atoms with Crippen molar-refractivity contribution in [3.8, 4) is 0 Å². The first kappa shape index (κ1) is 18.0. The van der Waals surface area contributed by atoms with Gasteiger partial charge in [-0.1, -0.05) is 11.6 Å². The summed E-state index contributed by atoms with van der Waals surface area (Å²) in [5, 5.41) is 14.6. The zero-order chi connectivity index (χ0) is 17.0. The lowest BCUT2D eigenvalue weighted by atomic mass is 9.99. The summed E-state index contributed by atoms with van der Waals surface area (Å²) >= 11 is 6.16. The molecule has 7 heteroatoms. The van der Waals surface area contributed by atoms with Gasteiger partial charge in [0.25, 0.3) is 5.69 Å². The largest absolute Gasteiger partial charge is 0.379 e. The molecule has 0 spiro atoms. The van der Waals surface area contributed by atoms with Crippen molar-refractivity contribution in [2.75, 3.05) is 45.1 Å². The van der Waals surface area contributed by atoms with E-state index in [1.54, 1.807) is 6.07 Å². The summed E-state index contributed by atoms with van der Waals surface area (Å²) < 4.78 is 0. The van der Waals surface area contributed by atoms with Crippen LogP contribution in [0.15, 0.2) is 18.2 Å². The molecule has 0 aromatic heterocycles. The van der Waals surface area contributed by atoms with Crippen molar-refractivity contribution in [3.05, 3.63) is 33.3 Å². The van der Waals surface area contributed by atoms with Crippen molar-refractivity contribution in [1.29, 1.82) is 0 Å². The van der Waals surface area contributed by atoms with Crippen LogP contribution in [0.25, 0.3) is 0 Å². The standard InChI is InChI=1S/C16H25ClN4O2/c1-16(2,6-7-20-10-8-19(3)9-11-20)18-15-5-4-13(21(22)23)12-14(15)17/h4-5,12,18H,6-11H2,1-3H3. The van der Waals surface area contributed by atoms with Crippen LogP contribution >= 0.6 is 11.6 Å². The van der Waals surface area contributed by atoms with Crippen LogP contribution in [0.3, 0.4) is 0 Å². The highest BCUT2D eigenvalue weighted by Crippen LogP contribution is 2.29. The Morgan fingerprint density at radius 3 is 2.52 bits per heavy atom. The van der Waals surface area contributed by atoms with Crippen LogP contribution in [0.4, 0.5) is 11.4 Å². The van der Waals surface area contributed by atoms with Crippen molar-refractivity contribution in [3.63, 3.8) is 0 Å². The minimum Gasteiger partial charge on any atom is -0.379 e. The van der Waals surface area contributed by atoms with Gasteiger partial charge in [0.2, 0.25) is 0 Å². The van der Waals surface area contributed by atoms with Gasteiger partial charge in [0.15, 0.2) is 0 Å². The van der Waals surface area contributed by atoms with Crippen LogP contribution in [-0.4, -0.2) is 60.0 Å². The van der Waals surface area contributed by atoms with E-state index in [1.165, 1.54) is 12.1 Å². The third kappa shape index (κ3) is 5.34. The van der Waals surface area contributed by atoms with Crippen LogP contribution in [-0.2, 0) is 0 Å². The highest BCUT2D eigenvalue weighted by atomic mass is 35.5. The SMILES string of the molecule is CN1CCN(CCC(C)(C)Nc2ccc([N+](=O)[O-])cc2Cl)CC1. The molecule has 1 aliphatic heterocycles. The number of likely N-dealkylation sites (N-methyl/N-ethyl adjacent to an activating group) is 1. The number of halogens is 1. The van der Waals surface area contributed by atoms with Gasteiger partial charge in [-0.2, -0.15) is 0 Å². The van der Waals surface area contributed by atoms with Crippen molar-refractivity contribution in [1.82, 2.24) is 9.80 Å². The Kier molecular flexibility index (Phi) is 5.84. The maximum absolute atomic E-state index is 10.8. The first-order valence-corrected chi connectivity index (χ1v) is 8.28. The van der Waals surface area contributed by atoms with Gasteiger partial charge in [0.05, 0.1) is 15.6 Å². The molecule has 1 heterocycles. The fourth-order valence-corrected chi connectivity index (χ4v) is 2.88. The van der Waals surface area contributed by atoms with Gasteiger partial charge in [0, 0.05) is 50.4 Å². The lowest BCUT2D eigenvalue weighted by molar-refractivity contribution is -0.384. The Hall–Kier alpha value is -1.37. The molecule has 128 valence electrons. The van der Waals surface area contributed by atoms with E-state index in [1.807, 2.05) is 0 Å². The molecule has 1 saturated heterocycles. The van der Waals surface area contributed by atoms with Crippen molar-refractivity contribution >= 4 is 23.0 Å². The Balaban J connectivity index is 1.91. The maximum atomic E-state index is 10.8. The second kappa shape index (κ2) is 7.47. The molecule has 0 atom stereocenters. The zero-order valence-electron chi connectivity index (χ0n) is 14.0. The van der Waals surface area contributed by atoms with Gasteiger partial charge in [-0.3, -0.25) is 10.1 Å². The van der Waals surface area contributed by atoms with Gasteiger partial charge in [-0.05, 0) is 33.4 Å². The molecule has 1 aromatic carbocycles. The Labute approximate surface area is 142 Å². The minimum absolute atomic E-state index is 0.00999. The average Bonchev–Trinajstić information content (AvgIpc) is 2.48. The minimum atomic E-state index is -0.436. The highest BCUT2D eigenvalue weighted by molar-refractivity contribution is 6.33. The number of rotatable bonds is 6. The number of non-ortho nitro benzene ring substituents is 1. The van der Waals surface area contributed by atoms with Crippen LogP contribution in [0.1, 0.15) is 20.3 Å². The monoisotopic (exact) mass is 340 g/mol. The number of hydrogen-bond donors (Lipinski definition) is 1. The number of anilines is 1. The summed E-state index contributed by atoms with van der Waals surface area (Å²) in [5.74, 6) is 0. The predicted molar refractivity (Wildman–Crippen MR) is 94.4 cm³/mol. The Morgan fingerprint density at radius 1 is 1.30 bits per heavy atom. The van der Waals surface area contributed by atoms with E-state index in [2.05, 4.69) is 36.0 Å². The molecule has 1 aliphatic rings. The lowest BCUT2D eigenvalue weighted by Crippen LogP contribution is -2.46. The fourth-order valence-electron chi connectivity index (χ4n) is 2.66. The van der Waals surface area contributed by atoms with Crippen LogP contribution < -0.4 is 5.32 Å². The molecule has 1 fully saturated rings. The predicted octanol–water partition coefficient (Wildman–Crippen LogP) is 3.08. The quantitative estimate of drug-likeness (QED) is 0.637. The zero-order valence-corrected chi connectivity index (χ0v) is 14.8. The molecular formula is C16H25ClN4O2. The molecular weight excluding hydrogens is 316 g/mol. The number of hydrogen-bond acceptors (Lipinski definition) is 5. The number of benzene rings is 1. The van der Waals surface area contributed by atoms with Gasteiger partial charge < -0.3 is 15.1 Å². The normalized spacial score (nSPS) is 17.2. The molecule has 0 bridgehead atoms. The summed E-state index contributed by atoms with van der Waals surface area (Å²) in [6.45, 7) is 9.71. The van der Waals surface area contributed by atoms with E-state index < -0.39 is 4.92 Å². The first-order chi connectivity index (χ1) is 10.8. The Bertz CT molecular complexity index is 557. The van der Waals surface area contributed by atoms with Crippen LogP contribution in [0.2, 0.25) is 5.02 Å². The molecule has 0 unspecified atom stereocenters. The molecule has 2 rings (SSSR count). The van der Waals surface area contributed by atoms with E-state index in [0.717, 1.165) is 44.8 Å². The van der Waals surface area contributed by atoms with Gasteiger partial charge >= 0.3 is 0 Å². The van der Waals surface area contributed by atoms with Crippen molar-refractivity contribution in [2.45, 2.75) is 25.8 Å². The maximum Gasteiger partial charge on any atom is 0.271 e. The van der Waals surface area contributed by atoms with E-state index in [-0.39, 0.29) is 11.2 Å². The molecule has 0 aliphatic carbocycles. The highest BCUT2D eigenvalue weighted by Gasteiger charge is 2.22. The summed E-state index contributed by atoms with van der Waals surface area (Å²) in [6.07, 6.45) is 0.976. The van der Waals surface area contributed by atoms with E-state index >= 15 is 0 Å². The van der Waals surface area contributed by atoms with Crippen molar-refractivity contribution < 1.29 is 4.92 Å². The summed E-state index contributed by atoms with van der Waals surface area (Å²) in [5.41, 5.74) is 0.611. The van der Waals surface area contributed by atoms with Gasteiger partial charge in [-0.25, -0.2) is 0 Å². The molecule has 0 saturated carbocycles. The number of nitrogens with zero attached hydrogens (tertiary/aromatic N) is 3. The molecule has 6 nitrogen and oxygen atoms in total. The molecule has 1 N–H and O–H groups in total. The van der Waals surface area contributed by atoms with Crippen LogP contribution in [0.5, 0.6) is 0 Å². The second-order valence-corrected chi connectivity index (χ2v) is 7.23. The second-order valence-electron chi connectivity index (χ2n) is 6.83. The van der Waals surface area contributed by atoms with Gasteiger partial charge in [-0.15, -0.1) is 0 Å². The van der Waals surface area contributed by atoms with E-state index in [0.29, 0.717) is 5.02 Å². The topological polar surface area (TPSA) is 61.6 Å². The lowest BCUT2D eigenvalue weighted by Gasteiger charge is -2.35. The fraction of sp³-hybridized carbons (Fsp3) is 0.625. The summed E-state index contributed by atoms with van der Waals surface area (Å²) in [4.78, 5) is 15.1. The Morgan fingerprint density at radius 2 is 1.96 bits per heavy atom. The molecule has 23 heavy (non-hydrogen) atoms. The average molecular weight is 341 g/mol. The molecule has 0 radical (unpaired) electrons. The third-order valence-electron chi connectivity index (χ3n) is 4.29. The van der Waals surface area contributed by atoms with E-state index in [9.17, 15) is 10.1 Å². The third-order valence-corrected chi connectivity index (χ3v) is 4.60. The smallest absolute Gasteiger partial charge is 0.271 e. The number of nitro groups is 1. The summed E-state index contributed by atoms with van der Waals surface area (Å²) in [6, 6.07) is 4.54. The first-order valence-electron chi connectivity index (χ1n) is 7.90. The number of nitrogens with one attached hydrogen (secondary N) is 1. The molecule has 1 aromatic rings. The summed E-state index contributed by atoms with van der Waals surface area (Å²) in [7, 11) is 2.15. The number of nitro benzene ring substituents is 1. The van der Waals surface area contributed by atoms with Crippen LogP contribution in [0, 0.1) is 10.1 Å². The molecule has 0 amide bonds. The number of piperazine rings is 1. The van der Waals surface area contributed by atoms with E-state index in [4.69, 9.17) is 11.6 Å². The van der Waals surface area contributed by atoms with Crippen molar-refractivity contribution in [2.24, 2.45) is 0 Å².